The fourth-order valence-electron chi connectivity index (χ4n) is 2.04. The molecule has 6 heteroatoms. The van der Waals surface area contributed by atoms with Crippen LogP contribution in [0.4, 0.5) is 5.13 Å². The monoisotopic (exact) mass is 268 g/mol. The van der Waals surface area contributed by atoms with Gasteiger partial charge in [-0.25, -0.2) is 0 Å². The summed E-state index contributed by atoms with van der Waals surface area (Å²) in [4.78, 5) is 16.1. The van der Waals surface area contributed by atoms with Crippen molar-refractivity contribution in [1.29, 1.82) is 0 Å². The maximum absolute atomic E-state index is 11.9. The number of carbonyl (C=O) groups excluding carboxylic acids is 1. The molecule has 100 valence electrons. The van der Waals surface area contributed by atoms with E-state index in [1.165, 1.54) is 0 Å². The number of aromatic nitrogens is 2. The van der Waals surface area contributed by atoms with Crippen LogP contribution < -0.4 is 4.90 Å². The number of aryl methyl sites for hydroxylation is 1. The summed E-state index contributed by atoms with van der Waals surface area (Å²) in [6, 6.07) is 0. The maximum atomic E-state index is 11.9. The Morgan fingerprint density at radius 1 is 1.28 bits per heavy atom. The second-order valence-electron chi connectivity index (χ2n) is 5.07. The number of amides is 1. The topological polar surface area (TPSA) is 49.3 Å². The molecule has 2 rings (SSSR count). The van der Waals surface area contributed by atoms with Gasteiger partial charge in [0.15, 0.2) is 0 Å². The third-order valence-electron chi connectivity index (χ3n) is 3.00. The molecule has 18 heavy (non-hydrogen) atoms. The van der Waals surface area contributed by atoms with Gasteiger partial charge >= 0.3 is 0 Å². The van der Waals surface area contributed by atoms with Gasteiger partial charge < -0.3 is 9.80 Å². The van der Waals surface area contributed by atoms with Crippen LogP contribution in [0.15, 0.2) is 0 Å². The molecule has 1 saturated heterocycles. The standard InChI is InChI=1S/C12H20N4OS/c1-9(2)8-11(17)15-4-6-16(7-5-15)12-14-13-10(3)18-12/h9H,4-8H2,1-3H3. The molecule has 0 N–H and O–H groups in total. The molecule has 1 aliphatic heterocycles. The van der Waals surface area contributed by atoms with Gasteiger partial charge in [-0.1, -0.05) is 25.2 Å². The fraction of sp³-hybridized carbons (Fsp3) is 0.750. The highest BCUT2D eigenvalue weighted by Crippen LogP contribution is 2.21. The van der Waals surface area contributed by atoms with Crippen LogP contribution in [0, 0.1) is 12.8 Å². The van der Waals surface area contributed by atoms with Gasteiger partial charge in [0.25, 0.3) is 0 Å². The molecule has 0 atom stereocenters. The Balaban J connectivity index is 1.86. The van der Waals surface area contributed by atoms with Crippen LogP contribution in [0.1, 0.15) is 25.3 Å². The Morgan fingerprint density at radius 3 is 2.44 bits per heavy atom. The second-order valence-corrected chi connectivity index (χ2v) is 6.23. The zero-order chi connectivity index (χ0) is 13.1. The SMILES string of the molecule is Cc1nnc(N2CCN(C(=O)CC(C)C)CC2)s1. The van der Waals surface area contributed by atoms with Crippen molar-refractivity contribution in [1.82, 2.24) is 15.1 Å². The van der Waals surface area contributed by atoms with Gasteiger partial charge in [-0.2, -0.15) is 0 Å². The van der Waals surface area contributed by atoms with Gasteiger partial charge in [0.2, 0.25) is 11.0 Å². The van der Waals surface area contributed by atoms with Crippen molar-refractivity contribution >= 4 is 22.4 Å². The van der Waals surface area contributed by atoms with Crippen molar-refractivity contribution in [2.45, 2.75) is 27.2 Å². The molecule has 2 heterocycles. The zero-order valence-corrected chi connectivity index (χ0v) is 12.0. The largest absolute Gasteiger partial charge is 0.343 e. The van der Waals surface area contributed by atoms with Crippen LogP contribution in [0.25, 0.3) is 0 Å². The van der Waals surface area contributed by atoms with Gasteiger partial charge in [-0.05, 0) is 12.8 Å². The van der Waals surface area contributed by atoms with Gasteiger partial charge in [0.05, 0.1) is 0 Å². The van der Waals surface area contributed by atoms with E-state index >= 15 is 0 Å². The summed E-state index contributed by atoms with van der Waals surface area (Å²) in [6.45, 7) is 9.44. The number of carbonyl (C=O) groups is 1. The molecular formula is C12H20N4OS. The van der Waals surface area contributed by atoms with Crippen molar-refractivity contribution in [3.05, 3.63) is 5.01 Å². The van der Waals surface area contributed by atoms with Gasteiger partial charge in [0.1, 0.15) is 5.01 Å². The summed E-state index contributed by atoms with van der Waals surface area (Å²) in [5.41, 5.74) is 0. The lowest BCUT2D eigenvalue weighted by Gasteiger charge is -2.34. The molecule has 0 saturated carbocycles. The number of hydrogen-bond donors (Lipinski definition) is 0. The Morgan fingerprint density at radius 2 is 1.94 bits per heavy atom. The highest BCUT2D eigenvalue weighted by molar-refractivity contribution is 7.15. The van der Waals surface area contributed by atoms with E-state index in [-0.39, 0.29) is 5.91 Å². The first-order chi connectivity index (χ1) is 8.56. The van der Waals surface area contributed by atoms with E-state index in [9.17, 15) is 4.79 Å². The Kier molecular flexibility index (Phi) is 4.16. The Hall–Kier alpha value is -1.17. The molecule has 0 aromatic carbocycles. The summed E-state index contributed by atoms with van der Waals surface area (Å²) in [5, 5.41) is 10.1. The van der Waals surface area contributed by atoms with Crippen molar-refractivity contribution in [2.75, 3.05) is 31.1 Å². The highest BCUT2D eigenvalue weighted by atomic mass is 32.1. The summed E-state index contributed by atoms with van der Waals surface area (Å²) in [6.07, 6.45) is 0.651. The summed E-state index contributed by atoms with van der Waals surface area (Å²) >= 11 is 1.61. The van der Waals surface area contributed by atoms with Crippen LogP contribution in [-0.2, 0) is 4.79 Å². The minimum atomic E-state index is 0.276. The highest BCUT2D eigenvalue weighted by Gasteiger charge is 2.23. The summed E-state index contributed by atoms with van der Waals surface area (Å²) in [7, 11) is 0. The quantitative estimate of drug-likeness (QED) is 0.834. The van der Waals surface area contributed by atoms with Crippen LogP contribution in [0.3, 0.4) is 0 Å². The van der Waals surface area contributed by atoms with Gasteiger partial charge in [-0.3, -0.25) is 4.79 Å². The summed E-state index contributed by atoms with van der Waals surface area (Å²) in [5.74, 6) is 0.708. The molecule has 0 unspecified atom stereocenters. The van der Waals surface area contributed by atoms with E-state index in [4.69, 9.17) is 0 Å². The zero-order valence-electron chi connectivity index (χ0n) is 11.2. The number of rotatable bonds is 3. The number of piperazine rings is 1. The smallest absolute Gasteiger partial charge is 0.222 e. The Labute approximate surface area is 112 Å². The first-order valence-electron chi connectivity index (χ1n) is 6.39. The number of nitrogens with zero attached hydrogens (tertiary/aromatic N) is 4. The fourth-order valence-corrected chi connectivity index (χ4v) is 2.78. The minimum absolute atomic E-state index is 0.276. The lowest BCUT2D eigenvalue weighted by atomic mass is 10.1. The molecular weight excluding hydrogens is 248 g/mol. The number of anilines is 1. The van der Waals surface area contributed by atoms with Crippen LogP contribution in [0.2, 0.25) is 0 Å². The average molecular weight is 268 g/mol. The van der Waals surface area contributed by atoms with Gasteiger partial charge in [0, 0.05) is 32.6 Å². The van der Waals surface area contributed by atoms with Gasteiger partial charge in [-0.15, -0.1) is 10.2 Å². The maximum Gasteiger partial charge on any atom is 0.222 e. The molecule has 1 aromatic rings. The normalized spacial score (nSPS) is 16.4. The molecule has 0 radical (unpaired) electrons. The van der Waals surface area contributed by atoms with E-state index < -0.39 is 0 Å². The Bertz CT molecular complexity index is 410. The third kappa shape index (κ3) is 3.19. The molecule has 1 aliphatic rings. The van der Waals surface area contributed by atoms with E-state index in [0.717, 1.165) is 36.3 Å². The molecule has 0 aliphatic carbocycles. The van der Waals surface area contributed by atoms with Crippen LogP contribution in [0.5, 0.6) is 0 Å². The van der Waals surface area contributed by atoms with E-state index in [1.54, 1.807) is 11.3 Å². The van der Waals surface area contributed by atoms with E-state index in [2.05, 4.69) is 28.9 Å². The first kappa shape index (κ1) is 13.3. The second kappa shape index (κ2) is 5.65. The predicted octanol–water partition coefficient (Wildman–Crippen LogP) is 1.54. The lowest BCUT2D eigenvalue weighted by Crippen LogP contribution is -2.49. The molecule has 0 spiro atoms. The predicted molar refractivity (Wildman–Crippen MR) is 72.9 cm³/mol. The van der Waals surface area contributed by atoms with E-state index in [0.29, 0.717) is 12.3 Å². The first-order valence-corrected chi connectivity index (χ1v) is 7.20. The molecule has 1 amide bonds. The number of hydrogen-bond acceptors (Lipinski definition) is 5. The molecule has 0 bridgehead atoms. The molecule has 1 aromatic heterocycles. The van der Waals surface area contributed by atoms with Crippen molar-refractivity contribution < 1.29 is 4.79 Å². The minimum Gasteiger partial charge on any atom is -0.343 e. The van der Waals surface area contributed by atoms with E-state index in [1.807, 2.05) is 11.8 Å². The summed E-state index contributed by atoms with van der Waals surface area (Å²) < 4.78 is 0. The average Bonchev–Trinajstić information content (AvgIpc) is 2.75. The molecule has 1 fully saturated rings. The molecule has 5 nitrogen and oxygen atoms in total. The van der Waals surface area contributed by atoms with Crippen molar-refractivity contribution in [3.63, 3.8) is 0 Å². The third-order valence-corrected chi connectivity index (χ3v) is 3.90. The van der Waals surface area contributed by atoms with Crippen molar-refractivity contribution in [2.24, 2.45) is 5.92 Å². The lowest BCUT2D eigenvalue weighted by molar-refractivity contribution is -0.132. The van der Waals surface area contributed by atoms with Crippen LogP contribution >= 0.6 is 11.3 Å². The van der Waals surface area contributed by atoms with Crippen molar-refractivity contribution in [3.8, 4) is 0 Å². The van der Waals surface area contributed by atoms with Crippen LogP contribution in [-0.4, -0.2) is 47.2 Å².